The lowest BCUT2D eigenvalue weighted by Crippen LogP contribution is -2.29. The second-order valence-corrected chi connectivity index (χ2v) is 10.0. The largest absolute Gasteiger partial charge is 0.455 e. The summed E-state index contributed by atoms with van der Waals surface area (Å²) < 4.78 is 99.0. The lowest BCUT2D eigenvalue weighted by Gasteiger charge is -2.16. The van der Waals surface area contributed by atoms with E-state index in [0.717, 1.165) is 23.0 Å². The Bertz CT molecular complexity index is 1730. The lowest BCUT2D eigenvalue weighted by atomic mass is 10.1. The quantitative estimate of drug-likeness (QED) is 0.320. The normalized spacial score (nSPS) is 11.9. The molecule has 0 N–H and O–H groups in total. The Balaban J connectivity index is 1.93. The third kappa shape index (κ3) is 5.17. The van der Waals surface area contributed by atoms with Crippen LogP contribution in [-0.4, -0.2) is 19.2 Å². The van der Waals surface area contributed by atoms with Crippen LogP contribution < -0.4 is 5.56 Å². The molecule has 0 unspecified atom stereocenters. The van der Waals surface area contributed by atoms with Crippen LogP contribution in [-0.2, 0) is 22.6 Å². The van der Waals surface area contributed by atoms with Gasteiger partial charge in [-0.15, -0.1) is 0 Å². The summed E-state index contributed by atoms with van der Waals surface area (Å²) in [5.41, 5.74) is -4.42. The Kier molecular flexibility index (Phi) is 6.51. The minimum absolute atomic E-state index is 0.0237. The number of aromatic nitrogens is 1. The van der Waals surface area contributed by atoms with Crippen LogP contribution in [0.4, 0.5) is 22.0 Å². The zero-order valence-corrected chi connectivity index (χ0v) is 19.6. The van der Waals surface area contributed by atoms with Crippen LogP contribution in [0.3, 0.4) is 0 Å². The van der Waals surface area contributed by atoms with E-state index in [1.54, 1.807) is 0 Å². The van der Waals surface area contributed by atoms with Gasteiger partial charge in [0.05, 0.1) is 22.7 Å². The van der Waals surface area contributed by atoms with E-state index in [4.69, 9.17) is 4.42 Å². The highest BCUT2D eigenvalue weighted by atomic mass is 32.2. The zero-order valence-electron chi connectivity index (χ0n) is 18.8. The monoisotopic (exact) mass is 534 g/mol. The Morgan fingerprint density at radius 1 is 1.00 bits per heavy atom. The molecule has 0 aliphatic carbocycles. The minimum atomic E-state index is -5.07. The van der Waals surface area contributed by atoms with E-state index in [-0.39, 0.29) is 27.5 Å². The highest BCUT2D eigenvalue weighted by molar-refractivity contribution is 7.90. The highest BCUT2D eigenvalue weighted by Crippen LogP contribution is 2.35. The van der Waals surface area contributed by atoms with Crippen molar-refractivity contribution in [3.8, 4) is 28.8 Å². The van der Waals surface area contributed by atoms with Gasteiger partial charge in [-0.1, -0.05) is 18.2 Å². The summed E-state index contributed by atoms with van der Waals surface area (Å²) in [6.45, 7) is -0.632. The average molecular weight is 534 g/mol. The van der Waals surface area contributed by atoms with E-state index in [1.807, 2.05) is 0 Å². The molecule has 12 heteroatoms. The van der Waals surface area contributed by atoms with Crippen molar-refractivity contribution in [2.45, 2.75) is 17.6 Å². The zero-order chi connectivity index (χ0) is 27.1. The maximum Gasteiger partial charge on any atom is 0.417 e. The van der Waals surface area contributed by atoms with Crippen LogP contribution in [0, 0.1) is 23.0 Å². The van der Waals surface area contributed by atoms with Gasteiger partial charge in [-0.25, -0.2) is 17.2 Å². The Morgan fingerprint density at radius 3 is 2.32 bits per heavy atom. The number of furan rings is 1. The van der Waals surface area contributed by atoms with Crippen molar-refractivity contribution >= 4 is 9.84 Å². The van der Waals surface area contributed by atoms with E-state index in [1.165, 1.54) is 42.5 Å². The van der Waals surface area contributed by atoms with E-state index in [0.29, 0.717) is 12.1 Å². The van der Waals surface area contributed by atoms with Crippen LogP contribution in [0.2, 0.25) is 0 Å². The molecule has 0 saturated heterocycles. The van der Waals surface area contributed by atoms with Crippen molar-refractivity contribution in [3.63, 3.8) is 0 Å². The fourth-order valence-electron chi connectivity index (χ4n) is 3.67. The molecule has 0 amide bonds. The van der Waals surface area contributed by atoms with Crippen LogP contribution in [0.25, 0.3) is 22.8 Å². The van der Waals surface area contributed by atoms with Crippen molar-refractivity contribution < 1.29 is 34.8 Å². The van der Waals surface area contributed by atoms with E-state index < -0.39 is 56.6 Å². The number of rotatable bonds is 5. The standard InChI is InChI=1S/C25H15F5N2O4S/c1-37(34,35)17-4-2-3-14(9-17)22-7-8-23(36-22)21-11-19(25(28,29)30)18(12-31)24(33)32(21)13-15-5-6-16(26)10-20(15)27/h2-11H,13H2,1H3. The molecule has 0 radical (unpaired) electrons. The summed E-state index contributed by atoms with van der Waals surface area (Å²) in [7, 11) is -3.57. The number of hydrogen-bond donors (Lipinski definition) is 0. The summed E-state index contributed by atoms with van der Waals surface area (Å²) in [4.78, 5) is 13.0. The van der Waals surface area contributed by atoms with Crippen molar-refractivity contribution in [3.05, 3.63) is 99.3 Å². The third-order valence-electron chi connectivity index (χ3n) is 5.47. The molecule has 0 spiro atoms. The summed E-state index contributed by atoms with van der Waals surface area (Å²) >= 11 is 0. The molecule has 0 atom stereocenters. The Hall–Kier alpha value is -4.24. The number of halogens is 5. The van der Waals surface area contributed by atoms with Crippen LogP contribution in [0.5, 0.6) is 0 Å². The maximum atomic E-state index is 14.3. The highest BCUT2D eigenvalue weighted by Gasteiger charge is 2.37. The van der Waals surface area contributed by atoms with Gasteiger partial charge >= 0.3 is 6.18 Å². The number of hydrogen-bond acceptors (Lipinski definition) is 5. The van der Waals surface area contributed by atoms with Gasteiger partial charge in [0, 0.05) is 23.4 Å². The molecule has 4 aromatic rings. The van der Waals surface area contributed by atoms with Crippen LogP contribution in [0.15, 0.2) is 74.8 Å². The van der Waals surface area contributed by atoms with E-state index >= 15 is 0 Å². The first-order chi connectivity index (χ1) is 17.3. The van der Waals surface area contributed by atoms with Crippen molar-refractivity contribution in [1.29, 1.82) is 5.26 Å². The molecule has 190 valence electrons. The molecule has 0 fully saturated rings. The number of alkyl halides is 3. The van der Waals surface area contributed by atoms with Gasteiger partial charge in [-0.2, -0.15) is 18.4 Å². The molecule has 2 aromatic heterocycles. The van der Waals surface area contributed by atoms with Crippen LogP contribution >= 0.6 is 0 Å². The van der Waals surface area contributed by atoms with Crippen molar-refractivity contribution in [2.75, 3.05) is 6.26 Å². The Labute approximate surface area is 206 Å². The second-order valence-electron chi connectivity index (χ2n) is 8.02. The fourth-order valence-corrected chi connectivity index (χ4v) is 4.34. The molecular weight excluding hydrogens is 519 g/mol. The van der Waals surface area contributed by atoms with Gasteiger partial charge in [0.25, 0.3) is 5.56 Å². The number of benzene rings is 2. The smallest absolute Gasteiger partial charge is 0.417 e. The summed E-state index contributed by atoms with van der Waals surface area (Å²) in [6, 6.07) is 12.5. The first-order valence-electron chi connectivity index (χ1n) is 10.4. The molecule has 0 bridgehead atoms. The van der Waals surface area contributed by atoms with E-state index in [9.17, 15) is 40.4 Å². The molecule has 0 aliphatic heterocycles. The second kappa shape index (κ2) is 9.33. The molecule has 37 heavy (non-hydrogen) atoms. The van der Waals surface area contributed by atoms with Gasteiger partial charge in [-0.3, -0.25) is 9.36 Å². The predicted octanol–water partition coefficient (Wildman–Crippen LogP) is 5.40. The first-order valence-corrected chi connectivity index (χ1v) is 12.3. The lowest BCUT2D eigenvalue weighted by molar-refractivity contribution is -0.137. The molecule has 4 rings (SSSR count). The van der Waals surface area contributed by atoms with Gasteiger partial charge in [0.2, 0.25) is 0 Å². The number of sulfone groups is 1. The third-order valence-corrected chi connectivity index (χ3v) is 6.58. The molecular formula is C25H15F5N2O4S. The van der Waals surface area contributed by atoms with Gasteiger partial charge < -0.3 is 4.42 Å². The maximum absolute atomic E-state index is 14.3. The fraction of sp³-hybridized carbons (Fsp3) is 0.120. The molecule has 0 saturated carbocycles. The topological polar surface area (TPSA) is 93.1 Å². The van der Waals surface area contributed by atoms with E-state index in [2.05, 4.69) is 0 Å². The summed E-state index contributed by atoms with van der Waals surface area (Å²) in [6.07, 6.45) is -4.07. The minimum Gasteiger partial charge on any atom is -0.455 e. The number of nitrogens with zero attached hydrogens (tertiary/aromatic N) is 2. The predicted molar refractivity (Wildman–Crippen MR) is 122 cm³/mol. The number of pyridine rings is 1. The van der Waals surface area contributed by atoms with Crippen molar-refractivity contribution in [1.82, 2.24) is 4.57 Å². The Morgan fingerprint density at radius 2 is 1.70 bits per heavy atom. The van der Waals surface area contributed by atoms with Gasteiger partial charge in [0.15, 0.2) is 15.6 Å². The molecule has 2 aromatic carbocycles. The van der Waals surface area contributed by atoms with Crippen molar-refractivity contribution in [2.24, 2.45) is 0 Å². The van der Waals surface area contributed by atoms with Gasteiger partial charge in [-0.05, 0) is 36.4 Å². The SMILES string of the molecule is CS(=O)(=O)c1cccc(-c2ccc(-c3cc(C(F)(F)F)c(C#N)c(=O)n3Cc3ccc(F)cc3F)o2)c1. The molecule has 0 aliphatic rings. The average Bonchev–Trinajstić information content (AvgIpc) is 3.30. The summed E-state index contributed by atoms with van der Waals surface area (Å²) in [5, 5.41) is 9.29. The first kappa shape index (κ1) is 25.8. The molecule has 6 nitrogen and oxygen atoms in total. The summed E-state index contributed by atoms with van der Waals surface area (Å²) in [5.74, 6) is -2.11. The van der Waals surface area contributed by atoms with Gasteiger partial charge in [0.1, 0.15) is 29.0 Å². The van der Waals surface area contributed by atoms with Crippen LogP contribution in [0.1, 0.15) is 16.7 Å². The molecule has 2 heterocycles. The number of nitriles is 1.